The van der Waals surface area contributed by atoms with Crippen molar-refractivity contribution in [1.82, 2.24) is 0 Å². The number of hydrogen-bond acceptors (Lipinski definition) is 2. The summed E-state index contributed by atoms with van der Waals surface area (Å²) in [6, 6.07) is 18.2. The molecule has 0 saturated carbocycles. The first-order valence-corrected chi connectivity index (χ1v) is 8.77. The highest BCUT2D eigenvalue weighted by atomic mass is 35.5. The Balaban J connectivity index is 1.89. The van der Waals surface area contributed by atoms with Crippen molar-refractivity contribution in [3.63, 3.8) is 0 Å². The molecule has 0 radical (unpaired) electrons. The van der Waals surface area contributed by atoms with Crippen LogP contribution in [0.5, 0.6) is 0 Å². The minimum absolute atomic E-state index is 0.0790. The largest absolute Gasteiger partial charge is 0.277 e. The Morgan fingerprint density at radius 1 is 0.808 bits per heavy atom. The third kappa shape index (κ3) is 2.52. The molecule has 2 amide bonds. The van der Waals surface area contributed by atoms with Crippen LogP contribution in [-0.4, -0.2) is 11.8 Å². The van der Waals surface area contributed by atoms with Gasteiger partial charge in [0.1, 0.15) is 5.03 Å². The Labute approximate surface area is 160 Å². The van der Waals surface area contributed by atoms with Crippen LogP contribution < -0.4 is 4.90 Å². The first kappa shape index (κ1) is 16.8. The number of rotatable bonds is 2. The Morgan fingerprint density at radius 3 is 2.23 bits per heavy atom. The summed E-state index contributed by atoms with van der Waals surface area (Å²) >= 11 is 12.2. The van der Waals surface area contributed by atoms with Crippen LogP contribution in [0.3, 0.4) is 0 Å². The summed E-state index contributed by atoms with van der Waals surface area (Å²) < 4.78 is 0. The molecule has 5 heteroatoms. The quantitative estimate of drug-likeness (QED) is 0.562. The molecular formula is C21H13Cl2NO2. The van der Waals surface area contributed by atoms with E-state index in [0.29, 0.717) is 16.3 Å². The molecule has 0 unspecified atom stereocenters. The van der Waals surface area contributed by atoms with E-state index in [1.807, 2.05) is 43.3 Å². The van der Waals surface area contributed by atoms with Crippen molar-refractivity contribution in [2.24, 2.45) is 0 Å². The molecule has 0 spiro atoms. The van der Waals surface area contributed by atoms with E-state index in [4.69, 9.17) is 23.2 Å². The van der Waals surface area contributed by atoms with Crippen LogP contribution in [0.25, 0.3) is 16.3 Å². The number of halogens is 2. The average Bonchev–Trinajstić information content (AvgIpc) is 2.86. The predicted molar refractivity (Wildman–Crippen MR) is 105 cm³/mol. The highest BCUT2D eigenvalue weighted by molar-refractivity contribution is 6.60. The molecular weight excluding hydrogens is 369 g/mol. The van der Waals surface area contributed by atoms with Crippen molar-refractivity contribution < 1.29 is 9.59 Å². The summed E-state index contributed by atoms with van der Waals surface area (Å²) in [4.78, 5) is 27.2. The topological polar surface area (TPSA) is 37.4 Å². The van der Waals surface area contributed by atoms with Gasteiger partial charge in [0.15, 0.2) is 0 Å². The Morgan fingerprint density at radius 2 is 1.50 bits per heavy atom. The van der Waals surface area contributed by atoms with Crippen molar-refractivity contribution in [2.45, 2.75) is 6.92 Å². The number of nitrogens with zero attached hydrogens (tertiary/aromatic N) is 1. The van der Waals surface area contributed by atoms with E-state index in [-0.39, 0.29) is 10.6 Å². The van der Waals surface area contributed by atoms with E-state index in [9.17, 15) is 9.59 Å². The molecule has 0 aliphatic carbocycles. The molecule has 0 aromatic heterocycles. The van der Waals surface area contributed by atoms with Crippen LogP contribution in [0.2, 0.25) is 5.02 Å². The van der Waals surface area contributed by atoms with Gasteiger partial charge in [-0.1, -0.05) is 71.7 Å². The molecule has 1 aliphatic rings. The van der Waals surface area contributed by atoms with Gasteiger partial charge in [-0.2, -0.15) is 0 Å². The molecule has 128 valence electrons. The van der Waals surface area contributed by atoms with Crippen LogP contribution in [-0.2, 0) is 9.59 Å². The minimum atomic E-state index is -0.513. The lowest BCUT2D eigenvalue weighted by Crippen LogP contribution is -2.32. The fraction of sp³-hybridized carbons (Fsp3) is 0.0476. The fourth-order valence-electron chi connectivity index (χ4n) is 3.23. The summed E-state index contributed by atoms with van der Waals surface area (Å²) in [5.74, 6) is -0.942. The van der Waals surface area contributed by atoms with Crippen molar-refractivity contribution in [2.75, 3.05) is 4.90 Å². The maximum absolute atomic E-state index is 13.1. The van der Waals surface area contributed by atoms with Gasteiger partial charge in [0.05, 0.1) is 11.3 Å². The first-order chi connectivity index (χ1) is 12.5. The zero-order valence-electron chi connectivity index (χ0n) is 13.8. The Kier molecular flexibility index (Phi) is 4.06. The normalized spacial score (nSPS) is 14.7. The highest BCUT2D eigenvalue weighted by Gasteiger charge is 2.40. The molecule has 3 aromatic rings. The smallest absolute Gasteiger partial charge is 0.268 e. The summed E-state index contributed by atoms with van der Waals surface area (Å²) in [7, 11) is 0. The van der Waals surface area contributed by atoms with Gasteiger partial charge in [-0.3, -0.25) is 9.59 Å². The molecule has 3 aromatic carbocycles. The Hall–Kier alpha value is -2.62. The molecule has 0 N–H and O–H groups in total. The first-order valence-electron chi connectivity index (χ1n) is 8.02. The van der Waals surface area contributed by atoms with Crippen LogP contribution in [0, 0.1) is 6.92 Å². The number of carbonyl (C=O) groups excluding carboxylic acids is 2. The number of anilines is 1. The van der Waals surface area contributed by atoms with Gasteiger partial charge in [0, 0.05) is 10.4 Å². The summed E-state index contributed by atoms with van der Waals surface area (Å²) in [5, 5.41) is 2.24. The number of imide groups is 1. The maximum Gasteiger partial charge on any atom is 0.277 e. The van der Waals surface area contributed by atoms with Gasteiger partial charge in [0.25, 0.3) is 11.8 Å². The lowest BCUT2D eigenvalue weighted by molar-refractivity contribution is -0.119. The molecule has 0 atom stereocenters. The Bertz CT molecular complexity index is 1100. The van der Waals surface area contributed by atoms with Gasteiger partial charge in [0.2, 0.25) is 0 Å². The fourth-order valence-corrected chi connectivity index (χ4v) is 3.63. The summed E-state index contributed by atoms with van der Waals surface area (Å²) in [6.07, 6.45) is 0. The van der Waals surface area contributed by atoms with Gasteiger partial charge >= 0.3 is 0 Å². The monoisotopic (exact) mass is 381 g/mol. The van der Waals surface area contributed by atoms with E-state index in [1.54, 1.807) is 24.3 Å². The molecule has 4 rings (SSSR count). The zero-order valence-corrected chi connectivity index (χ0v) is 15.3. The highest BCUT2D eigenvalue weighted by Crippen LogP contribution is 2.39. The lowest BCUT2D eigenvalue weighted by atomic mass is 10.0. The molecule has 26 heavy (non-hydrogen) atoms. The molecule has 0 bridgehead atoms. The van der Waals surface area contributed by atoms with Gasteiger partial charge in [-0.25, -0.2) is 4.90 Å². The summed E-state index contributed by atoms with van der Waals surface area (Å²) in [6.45, 7) is 1.87. The predicted octanol–water partition coefficient (Wildman–Crippen LogP) is 5.32. The number of fused-ring (bicyclic) bond motifs is 1. The van der Waals surface area contributed by atoms with E-state index >= 15 is 0 Å². The molecule has 1 aliphatic heterocycles. The number of amides is 2. The second-order valence-electron chi connectivity index (χ2n) is 6.09. The minimum Gasteiger partial charge on any atom is -0.268 e. The van der Waals surface area contributed by atoms with Crippen LogP contribution >= 0.6 is 23.2 Å². The lowest BCUT2D eigenvalue weighted by Gasteiger charge is -2.20. The second kappa shape index (κ2) is 6.27. The molecule has 0 fully saturated rings. The number of carbonyl (C=O) groups is 2. The maximum atomic E-state index is 13.1. The molecule has 3 nitrogen and oxygen atoms in total. The third-order valence-corrected chi connectivity index (χ3v) is 5.09. The van der Waals surface area contributed by atoms with Crippen LogP contribution in [0.4, 0.5) is 5.69 Å². The van der Waals surface area contributed by atoms with Crippen molar-refractivity contribution in [1.29, 1.82) is 0 Å². The third-order valence-electron chi connectivity index (χ3n) is 4.49. The van der Waals surface area contributed by atoms with Crippen molar-refractivity contribution in [3.05, 3.63) is 81.8 Å². The average molecular weight is 382 g/mol. The standard InChI is InChI=1S/C21H13Cl2NO2/c1-12-6-7-13-4-2-3-5-16(13)19(12)24-20(25)17(18(23)21(24)26)14-8-10-15(22)11-9-14/h2-11H,1H3. The van der Waals surface area contributed by atoms with Crippen molar-refractivity contribution in [3.8, 4) is 0 Å². The van der Waals surface area contributed by atoms with E-state index in [2.05, 4.69) is 0 Å². The second-order valence-corrected chi connectivity index (χ2v) is 6.91. The van der Waals surface area contributed by atoms with E-state index in [0.717, 1.165) is 16.3 Å². The number of benzene rings is 3. The SMILES string of the molecule is Cc1ccc2ccccc2c1N1C(=O)C(Cl)=C(c2ccc(Cl)cc2)C1=O. The molecule has 0 saturated heterocycles. The van der Waals surface area contributed by atoms with Gasteiger partial charge in [-0.15, -0.1) is 0 Å². The number of aryl methyl sites for hydroxylation is 1. The van der Waals surface area contributed by atoms with Gasteiger partial charge in [-0.05, 0) is 35.6 Å². The van der Waals surface area contributed by atoms with Gasteiger partial charge < -0.3 is 0 Å². The number of hydrogen-bond donors (Lipinski definition) is 0. The molecule has 1 heterocycles. The van der Waals surface area contributed by atoms with E-state index < -0.39 is 11.8 Å². The zero-order chi connectivity index (χ0) is 18.4. The van der Waals surface area contributed by atoms with Crippen LogP contribution in [0.1, 0.15) is 11.1 Å². The summed E-state index contributed by atoms with van der Waals surface area (Å²) in [5.41, 5.74) is 2.16. The van der Waals surface area contributed by atoms with Crippen LogP contribution in [0.15, 0.2) is 65.7 Å². The van der Waals surface area contributed by atoms with Crippen molar-refractivity contribution >= 4 is 57.0 Å². The van der Waals surface area contributed by atoms with E-state index in [1.165, 1.54) is 4.90 Å².